The summed E-state index contributed by atoms with van der Waals surface area (Å²) >= 11 is 0. The topological polar surface area (TPSA) is 26.3 Å². The van der Waals surface area contributed by atoms with Gasteiger partial charge in [0.25, 0.3) is 0 Å². The highest BCUT2D eigenvalue weighted by atomic mass is 16.3. The molecule has 2 heterocycles. The van der Waals surface area contributed by atoms with E-state index in [1.165, 1.54) is 0 Å². The number of benzene rings is 2. The molecule has 4 rings (SSSR count). The van der Waals surface area contributed by atoms with E-state index in [0.29, 0.717) is 0 Å². The summed E-state index contributed by atoms with van der Waals surface area (Å²) in [4.78, 5) is 0. The zero-order chi connectivity index (χ0) is 22.1. The van der Waals surface area contributed by atoms with Crippen molar-refractivity contribution in [1.82, 2.24) is 0 Å². The summed E-state index contributed by atoms with van der Waals surface area (Å²) in [5.41, 5.74) is 8.24. The fourth-order valence-electron chi connectivity index (χ4n) is 4.24. The van der Waals surface area contributed by atoms with Gasteiger partial charge in [0, 0.05) is 33.2 Å². The third-order valence-electron chi connectivity index (χ3n) is 5.72. The van der Waals surface area contributed by atoms with Gasteiger partial charge in [0.1, 0.15) is 22.9 Å². The van der Waals surface area contributed by atoms with Gasteiger partial charge in [-0.15, -0.1) is 0 Å². The first-order valence-corrected chi connectivity index (χ1v) is 10.3. The second kappa shape index (κ2) is 8.16. The van der Waals surface area contributed by atoms with Crippen LogP contribution in [-0.4, -0.2) is 0 Å². The van der Waals surface area contributed by atoms with Crippen LogP contribution in [0.3, 0.4) is 0 Å². The fraction of sp³-hybridized carbons (Fsp3) is 0.103. The molecule has 0 N–H and O–H groups in total. The van der Waals surface area contributed by atoms with E-state index in [1.807, 2.05) is 43.4 Å². The van der Waals surface area contributed by atoms with E-state index in [1.54, 1.807) is 12.2 Å². The molecule has 154 valence electrons. The molecular weight excluding hydrogens is 380 g/mol. The highest BCUT2D eigenvalue weighted by Crippen LogP contribution is 2.46. The van der Waals surface area contributed by atoms with E-state index in [9.17, 15) is 0 Å². The van der Waals surface area contributed by atoms with Gasteiger partial charge < -0.3 is 8.83 Å². The number of allylic oxidation sites excluding steroid dienone is 2. The molecule has 2 aromatic carbocycles. The quantitative estimate of drug-likeness (QED) is 0.299. The summed E-state index contributed by atoms with van der Waals surface area (Å²) < 4.78 is 12.5. The highest BCUT2D eigenvalue weighted by Gasteiger charge is 2.25. The van der Waals surface area contributed by atoms with Crippen molar-refractivity contribution in [3.8, 4) is 22.5 Å². The molecular formula is C29H26O2. The van der Waals surface area contributed by atoms with Gasteiger partial charge in [-0.2, -0.15) is 0 Å². The smallest absolute Gasteiger partial charge is 0.139 e. The number of aryl methyl sites for hydroxylation is 3. The van der Waals surface area contributed by atoms with Crippen LogP contribution in [0.1, 0.15) is 33.8 Å². The number of rotatable bonds is 6. The summed E-state index contributed by atoms with van der Waals surface area (Å²) in [6, 6.07) is 12.4. The van der Waals surface area contributed by atoms with Gasteiger partial charge in [-0.25, -0.2) is 0 Å². The Hall–Kier alpha value is -3.78. The molecule has 0 aliphatic carbocycles. The van der Waals surface area contributed by atoms with Crippen molar-refractivity contribution in [2.75, 3.05) is 0 Å². The van der Waals surface area contributed by atoms with Crippen LogP contribution < -0.4 is 0 Å². The van der Waals surface area contributed by atoms with Gasteiger partial charge >= 0.3 is 0 Å². The molecule has 0 amide bonds. The predicted octanol–water partition coefficient (Wildman–Crippen LogP) is 8.77. The molecule has 0 saturated carbocycles. The van der Waals surface area contributed by atoms with Gasteiger partial charge in [0.15, 0.2) is 0 Å². The first-order chi connectivity index (χ1) is 15.0. The maximum Gasteiger partial charge on any atom is 0.139 e. The van der Waals surface area contributed by atoms with Gasteiger partial charge in [-0.05, 0) is 44.0 Å². The summed E-state index contributed by atoms with van der Waals surface area (Å²) in [6.45, 7) is 18.0. The normalized spacial score (nSPS) is 11.3. The van der Waals surface area contributed by atoms with E-state index in [-0.39, 0.29) is 0 Å². The van der Waals surface area contributed by atoms with Crippen molar-refractivity contribution in [2.24, 2.45) is 0 Å². The van der Waals surface area contributed by atoms with Crippen LogP contribution in [-0.2, 0) is 0 Å². The van der Waals surface area contributed by atoms with Gasteiger partial charge in [0.2, 0.25) is 0 Å². The monoisotopic (exact) mass is 406 g/mol. The Morgan fingerprint density at radius 1 is 0.806 bits per heavy atom. The van der Waals surface area contributed by atoms with Crippen molar-refractivity contribution >= 4 is 29.2 Å². The molecule has 0 atom stereocenters. The summed E-state index contributed by atoms with van der Waals surface area (Å²) in [7, 11) is 0. The molecule has 0 spiro atoms. The maximum absolute atomic E-state index is 6.40. The molecule has 4 aromatic rings. The van der Waals surface area contributed by atoms with Gasteiger partial charge in [-0.1, -0.05) is 74.4 Å². The van der Waals surface area contributed by atoms with Gasteiger partial charge in [0.05, 0.1) is 0 Å². The standard InChI is InChI=1S/C29H26O2/c1-7-10-13-23-24(9-3)30-20(6)27(23)28-21(8-2)17-16-18(4)26(28)29-19(5)22-14-11-12-15-25(22)31-29/h7-17H,1-3H2,4-6H3/b13-10-. The average molecular weight is 407 g/mol. The van der Waals surface area contributed by atoms with Crippen LogP contribution in [0.5, 0.6) is 0 Å². The summed E-state index contributed by atoms with van der Waals surface area (Å²) in [5, 5.41) is 1.12. The zero-order valence-electron chi connectivity index (χ0n) is 18.3. The van der Waals surface area contributed by atoms with Crippen LogP contribution in [0.4, 0.5) is 0 Å². The molecule has 0 unspecified atom stereocenters. The number of hydrogen-bond acceptors (Lipinski definition) is 2. The first-order valence-electron chi connectivity index (χ1n) is 10.3. The summed E-state index contributed by atoms with van der Waals surface area (Å²) in [6.07, 6.45) is 9.32. The molecule has 31 heavy (non-hydrogen) atoms. The fourth-order valence-corrected chi connectivity index (χ4v) is 4.24. The van der Waals surface area contributed by atoms with E-state index in [4.69, 9.17) is 8.83 Å². The lowest BCUT2D eigenvalue weighted by Crippen LogP contribution is -1.95. The van der Waals surface area contributed by atoms with Crippen LogP contribution in [0, 0.1) is 20.8 Å². The van der Waals surface area contributed by atoms with Crippen LogP contribution in [0.2, 0.25) is 0 Å². The van der Waals surface area contributed by atoms with E-state index in [0.717, 1.165) is 67.2 Å². The Morgan fingerprint density at radius 3 is 2.26 bits per heavy atom. The molecule has 2 aromatic heterocycles. The minimum atomic E-state index is 0.731. The number of para-hydroxylation sites is 1. The lowest BCUT2D eigenvalue weighted by atomic mass is 9.86. The van der Waals surface area contributed by atoms with Crippen molar-refractivity contribution in [1.29, 1.82) is 0 Å². The van der Waals surface area contributed by atoms with Crippen LogP contribution >= 0.6 is 0 Å². The Kier molecular flexibility index (Phi) is 5.39. The van der Waals surface area contributed by atoms with Crippen molar-refractivity contribution in [3.05, 3.63) is 102 Å². The molecule has 2 heteroatoms. The van der Waals surface area contributed by atoms with Crippen LogP contribution in [0.25, 0.3) is 51.6 Å². The molecule has 0 fully saturated rings. The van der Waals surface area contributed by atoms with E-state index < -0.39 is 0 Å². The number of fused-ring (bicyclic) bond motifs is 1. The summed E-state index contributed by atoms with van der Waals surface area (Å²) in [5.74, 6) is 2.42. The largest absolute Gasteiger partial charge is 0.461 e. The molecule has 2 nitrogen and oxygen atoms in total. The maximum atomic E-state index is 6.40. The van der Waals surface area contributed by atoms with Crippen LogP contribution in [0.15, 0.2) is 77.1 Å². The Morgan fingerprint density at radius 2 is 1.58 bits per heavy atom. The molecule has 0 aliphatic rings. The SMILES string of the molecule is C=C/C=C\c1c(C=C)oc(C)c1-c1c(C=C)ccc(C)c1-c1oc2ccccc2c1C. The molecule has 0 radical (unpaired) electrons. The average Bonchev–Trinajstić information content (AvgIpc) is 3.28. The number of furan rings is 2. The second-order valence-electron chi connectivity index (χ2n) is 7.59. The van der Waals surface area contributed by atoms with Crippen molar-refractivity contribution < 1.29 is 8.83 Å². The van der Waals surface area contributed by atoms with E-state index in [2.05, 4.69) is 51.8 Å². The van der Waals surface area contributed by atoms with E-state index >= 15 is 0 Å². The third kappa shape index (κ3) is 3.30. The molecule has 0 aliphatic heterocycles. The van der Waals surface area contributed by atoms with Gasteiger partial charge in [-0.3, -0.25) is 0 Å². The number of hydrogen-bond donors (Lipinski definition) is 0. The van der Waals surface area contributed by atoms with Crippen molar-refractivity contribution in [2.45, 2.75) is 20.8 Å². The second-order valence-corrected chi connectivity index (χ2v) is 7.59. The first kappa shape index (κ1) is 20.5. The molecule has 0 bridgehead atoms. The zero-order valence-corrected chi connectivity index (χ0v) is 18.3. The Balaban J connectivity index is 2.15. The predicted molar refractivity (Wildman–Crippen MR) is 133 cm³/mol. The third-order valence-corrected chi connectivity index (χ3v) is 5.72. The lowest BCUT2D eigenvalue weighted by molar-refractivity contribution is 0.525. The Labute approximate surface area is 183 Å². The highest BCUT2D eigenvalue weighted by molar-refractivity contribution is 5.98. The minimum Gasteiger partial charge on any atom is -0.461 e. The Bertz CT molecular complexity index is 1360. The lowest BCUT2D eigenvalue weighted by Gasteiger charge is -2.16. The minimum absolute atomic E-state index is 0.731. The van der Waals surface area contributed by atoms with Crippen molar-refractivity contribution in [3.63, 3.8) is 0 Å². The molecule has 0 saturated heterocycles.